The summed E-state index contributed by atoms with van der Waals surface area (Å²) in [6.45, 7) is 3.14. The molecule has 0 aliphatic carbocycles. The lowest BCUT2D eigenvalue weighted by Crippen LogP contribution is -2.38. The van der Waals surface area contributed by atoms with E-state index in [0.717, 1.165) is 6.42 Å². The van der Waals surface area contributed by atoms with Gasteiger partial charge in [-0.2, -0.15) is 0 Å². The maximum atomic E-state index is 11.9. The molecule has 1 unspecified atom stereocenters. The summed E-state index contributed by atoms with van der Waals surface area (Å²) in [6, 6.07) is 6.98. The van der Waals surface area contributed by atoms with E-state index in [-0.39, 0.29) is 5.91 Å². The van der Waals surface area contributed by atoms with Gasteiger partial charge in [0.2, 0.25) is 0 Å². The zero-order valence-electron chi connectivity index (χ0n) is 11.3. The Morgan fingerprint density at radius 3 is 2.63 bits per heavy atom. The summed E-state index contributed by atoms with van der Waals surface area (Å²) in [5.74, 6) is 0.539. The molecule has 0 bridgehead atoms. The van der Waals surface area contributed by atoms with Crippen molar-refractivity contribution in [3.63, 3.8) is 0 Å². The number of amides is 1. The minimum Gasteiger partial charge on any atom is -0.481 e. The van der Waals surface area contributed by atoms with Gasteiger partial charge >= 0.3 is 0 Å². The maximum Gasteiger partial charge on any atom is 0.261 e. The zero-order valence-corrected chi connectivity index (χ0v) is 12.1. The summed E-state index contributed by atoms with van der Waals surface area (Å²) in [7, 11) is 1.64. The Kier molecular flexibility index (Phi) is 7.30. The first-order chi connectivity index (χ1) is 9.17. The van der Waals surface area contributed by atoms with Gasteiger partial charge in [0.25, 0.3) is 5.91 Å². The largest absolute Gasteiger partial charge is 0.481 e. The van der Waals surface area contributed by atoms with Gasteiger partial charge in [-0.1, -0.05) is 18.5 Å². The highest BCUT2D eigenvalue weighted by Gasteiger charge is 2.17. The molecule has 0 spiro atoms. The highest BCUT2D eigenvalue weighted by atomic mass is 35.5. The van der Waals surface area contributed by atoms with Crippen LogP contribution in [-0.4, -0.2) is 32.3 Å². The number of carbonyl (C=O) groups excluding carboxylic acids is 1. The summed E-state index contributed by atoms with van der Waals surface area (Å²) >= 11 is 5.80. The SMILES string of the molecule is CCC(Oc1ccc(Cl)cc1)C(=O)NCCCOC. The van der Waals surface area contributed by atoms with E-state index >= 15 is 0 Å². The van der Waals surface area contributed by atoms with Crippen LogP contribution in [-0.2, 0) is 9.53 Å². The average molecular weight is 286 g/mol. The van der Waals surface area contributed by atoms with Crippen molar-refractivity contribution in [1.82, 2.24) is 5.32 Å². The lowest BCUT2D eigenvalue weighted by atomic mass is 10.2. The molecule has 0 heterocycles. The van der Waals surface area contributed by atoms with E-state index in [9.17, 15) is 4.79 Å². The summed E-state index contributed by atoms with van der Waals surface area (Å²) in [5.41, 5.74) is 0. The fourth-order valence-electron chi connectivity index (χ4n) is 1.54. The fourth-order valence-corrected chi connectivity index (χ4v) is 1.67. The van der Waals surface area contributed by atoms with Crippen molar-refractivity contribution in [2.24, 2.45) is 0 Å². The van der Waals surface area contributed by atoms with Crippen molar-refractivity contribution in [2.75, 3.05) is 20.3 Å². The summed E-state index contributed by atoms with van der Waals surface area (Å²) < 4.78 is 10.6. The van der Waals surface area contributed by atoms with Gasteiger partial charge in [0.05, 0.1) is 0 Å². The van der Waals surface area contributed by atoms with Crippen LogP contribution >= 0.6 is 11.6 Å². The summed E-state index contributed by atoms with van der Waals surface area (Å²) in [4.78, 5) is 11.9. The van der Waals surface area contributed by atoms with E-state index < -0.39 is 6.10 Å². The quantitative estimate of drug-likeness (QED) is 0.747. The van der Waals surface area contributed by atoms with E-state index in [1.165, 1.54) is 0 Å². The van der Waals surface area contributed by atoms with Gasteiger partial charge in [0.1, 0.15) is 5.75 Å². The summed E-state index contributed by atoms with van der Waals surface area (Å²) in [6.07, 6.45) is 0.918. The second-order valence-corrected chi connectivity index (χ2v) is 4.54. The molecule has 1 amide bonds. The van der Waals surface area contributed by atoms with Crippen LogP contribution in [0.1, 0.15) is 19.8 Å². The van der Waals surface area contributed by atoms with Crippen LogP contribution in [0.4, 0.5) is 0 Å². The van der Waals surface area contributed by atoms with E-state index in [4.69, 9.17) is 21.1 Å². The van der Waals surface area contributed by atoms with Crippen molar-refractivity contribution >= 4 is 17.5 Å². The van der Waals surface area contributed by atoms with E-state index in [1.54, 1.807) is 31.4 Å². The lowest BCUT2D eigenvalue weighted by Gasteiger charge is -2.17. The zero-order chi connectivity index (χ0) is 14.1. The molecule has 1 atom stereocenters. The van der Waals surface area contributed by atoms with Crippen LogP contribution < -0.4 is 10.1 Å². The highest BCUT2D eigenvalue weighted by molar-refractivity contribution is 6.30. The second-order valence-electron chi connectivity index (χ2n) is 4.11. The van der Waals surface area contributed by atoms with Crippen molar-refractivity contribution in [3.8, 4) is 5.75 Å². The molecule has 1 aromatic rings. The van der Waals surface area contributed by atoms with Crippen LogP contribution in [0.25, 0.3) is 0 Å². The minimum absolute atomic E-state index is 0.103. The Balaban J connectivity index is 2.43. The minimum atomic E-state index is -0.483. The van der Waals surface area contributed by atoms with Gasteiger partial charge in [-0.3, -0.25) is 4.79 Å². The Morgan fingerprint density at radius 1 is 1.37 bits per heavy atom. The molecule has 1 rings (SSSR count). The van der Waals surface area contributed by atoms with Crippen LogP contribution in [0.5, 0.6) is 5.75 Å². The second kappa shape index (κ2) is 8.77. The first kappa shape index (κ1) is 15.8. The number of rotatable bonds is 8. The molecule has 0 fully saturated rings. The number of methoxy groups -OCH3 is 1. The molecule has 0 aliphatic rings. The molecule has 19 heavy (non-hydrogen) atoms. The number of halogens is 1. The molecule has 5 heteroatoms. The van der Waals surface area contributed by atoms with E-state index in [0.29, 0.717) is 30.3 Å². The average Bonchev–Trinajstić information content (AvgIpc) is 2.42. The van der Waals surface area contributed by atoms with Crippen LogP contribution in [0, 0.1) is 0 Å². The predicted molar refractivity (Wildman–Crippen MR) is 75.7 cm³/mol. The molecule has 0 saturated heterocycles. The van der Waals surface area contributed by atoms with Crippen molar-refractivity contribution in [2.45, 2.75) is 25.9 Å². The molecule has 106 valence electrons. The topological polar surface area (TPSA) is 47.6 Å². The standard InChI is InChI=1S/C14H20ClNO3/c1-3-13(14(17)16-9-4-10-18-2)19-12-7-5-11(15)6-8-12/h5-8,13H,3-4,9-10H2,1-2H3,(H,16,17). The third-order valence-electron chi connectivity index (χ3n) is 2.58. The van der Waals surface area contributed by atoms with Gasteiger partial charge in [-0.05, 0) is 37.1 Å². The van der Waals surface area contributed by atoms with E-state index in [2.05, 4.69) is 5.32 Å². The Labute approximate surface area is 119 Å². The Hall–Kier alpha value is -1.26. The molecular weight excluding hydrogens is 266 g/mol. The molecule has 0 radical (unpaired) electrons. The molecule has 0 saturated carbocycles. The number of hydrogen-bond donors (Lipinski definition) is 1. The van der Waals surface area contributed by atoms with Gasteiger partial charge in [0.15, 0.2) is 6.10 Å². The molecule has 0 aromatic heterocycles. The predicted octanol–water partition coefficient (Wildman–Crippen LogP) is 2.65. The maximum absolute atomic E-state index is 11.9. The van der Waals surface area contributed by atoms with Crippen LogP contribution in [0.15, 0.2) is 24.3 Å². The van der Waals surface area contributed by atoms with Gasteiger partial charge in [-0.25, -0.2) is 0 Å². The fraction of sp³-hybridized carbons (Fsp3) is 0.500. The van der Waals surface area contributed by atoms with Crippen molar-refractivity contribution in [3.05, 3.63) is 29.3 Å². The van der Waals surface area contributed by atoms with Crippen LogP contribution in [0.2, 0.25) is 5.02 Å². The smallest absolute Gasteiger partial charge is 0.261 e. The number of ether oxygens (including phenoxy) is 2. The molecule has 4 nitrogen and oxygen atoms in total. The van der Waals surface area contributed by atoms with Gasteiger partial charge in [-0.15, -0.1) is 0 Å². The Bertz CT molecular complexity index is 381. The molecular formula is C14H20ClNO3. The van der Waals surface area contributed by atoms with E-state index in [1.807, 2.05) is 6.92 Å². The molecule has 1 N–H and O–H groups in total. The van der Waals surface area contributed by atoms with Gasteiger partial charge < -0.3 is 14.8 Å². The first-order valence-electron chi connectivity index (χ1n) is 6.36. The van der Waals surface area contributed by atoms with Gasteiger partial charge in [0, 0.05) is 25.3 Å². The first-order valence-corrected chi connectivity index (χ1v) is 6.74. The third-order valence-corrected chi connectivity index (χ3v) is 2.83. The Morgan fingerprint density at radius 2 is 2.05 bits per heavy atom. The number of carbonyl (C=O) groups is 1. The monoisotopic (exact) mass is 285 g/mol. The van der Waals surface area contributed by atoms with Crippen molar-refractivity contribution in [1.29, 1.82) is 0 Å². The third kappa shape index (κ3) is 5.94. The molecule has 0 aliphatic heterocycles. The number of hydrogen-bond acceptors (Lipinski definition) is 3. The number of benzene rings is 1. The lowest BCUT2D eigenvalue weighted by molar-refractivity contribution is -0.128. The molecule has 1 aromatic carbocycles. The highest BCUT2D eigenvalue weighted by Crippen LogP contribution is 2.17. The normalized spacial score (nSPS) is 11.9. The summed E-state index contributed by atoms with van der Waals surface area (Å²) in [5, 5.41) is 3.47. The van der Waals surface area contributed by atoms with Crippen LogP contribution in [0.3, 0.4) is 0 Å². The van der Waals surface area contributed by atoms with Crippen molar-refractivity contribution < 1.29 is 14.3 Å². The number of nitrogens with one attached hydrogen (secondary N) is 1.